The molecule has 0 saturated carbocycles. The van der Waals surface area contributed by atoms with Gasteiger partial charge in [0.1, 0.15) is 0 Å². The van der Waals surface area contributed by atoms with E-state index in [1.807, 2.05) is 12.1 Å². The van der Waals surface area contributed by atoms with Gasteiger partial charge in [-0.25, -0.2) is 0 Å². The highest BCUT2D eigenvalue weighted by Crippen LogP contribution is 2.41. The van der Waals surface area contributed by atoms with Gasteiger partial charge in [-0.2, -0.15) is 0 Å². The van der Waals surface area contributed by atoms with Crippen molar-refractivity contribution in [3.05, 3.63) is 17.7 Å². The van der Waals surface area contributed by atoms with E-state index in [-0.39, 0.29) is 13.4 Å². The predicted molar refractivity (Wildman–Crippen MR) is 54.5 cm³/mol. The second-order valence-corrected chi connectivity index (χ2v) is 3.36. The predicted octanol–water partition coefficient (Wildman–Crippen LogP) is 1.35. The van der Waals surface area contributed by atoms with Gasteiger partial charge >= 0.3 is 0 Å². The van der Waals surface area contributed by atoms with Crippen molar-refractivity contribution >= 4 is 0 Å². The molecule has 1 aromatic rings. The molecule has 0 radical (unpaired) electrons. The fourth-order valence-electron chi connectivity index (χ4n) is 1.61. The fourth-order valence-corrected chi connectivity index (χ4v) is 1.61. The Labute approximate surface area is 88.4 Å². The van der Waals surface area contributed by atoms with E-state index in [0.29, 0.717) is 11.5 Å². The SMILES string of the molecule is COc1cc(CCCO)cc2c1OCO2. The highest BCUT2D eigenvalue weighted by molar-refractivity contribution is 5.55. The van der Waals surface area contributed by atoms with Crippen molar-refractivity contribution in [3.63, 3.8) is 0 Å². The van der Waals surface area contributed by atoms with Crippen molar-refractivity contribution in [3.8, 4) is 17.2 Å². The molecule has 4 nitrogen and oxygen atoms in total. The summed E-state index contributed by atoms with van der Waals surface area (Å²) in [6.07, 6.45) is 1.55. The molecule has 0 fully saturated rings. The topological polar surface area (TPSA) is 47.9 Å². The van der Waals surface area contributed by atoms with Crippen LogP contribution in [0.25, 0.3) is 0 Å². The molecular formula is C11H14O4. The molecule has 1 aliphatic heterocycles. The Hall–Kier alpha value is -1.42. The molecule has 82 valence electrons. The van der Waals surface area contributed by atoms with E-state index < -0.39 is 0 Å². The number of methoxy groups -OCH3 is 1. The van der Waals surface area contributed by atoms with E-state index in [2.05, 4.69) is 0 Å². The first-order valence-corrected chi connectivity index (χ1v) is 4.92. The molecule has 15 heavy (non-hydrogen) atoms. The minimum Gasteiger partial charge on any atom is -0.493 e. The first-order chi connectivity index (χ1) is 7.35. The zero-order valence-corrected chi connectivity index (χ0v) is 8.66. The molecule has 0 amide bonds. The van der Waals surface area contributed by atoms with Gasteiger partial charge in [-0.3, -0.25) is 0 Å². The van der Waals surface area contributed by atoms with Gasteiger partial charge < -0.3 is 19.3 Å². The average molecular weight is 210 g/mol. The van der Waals surface area contributed by atoms with Crippen molar-refractivity contribution < 1.29 is 19.3 Å². The Bertz CT molecular complexity index is 349. The maximum atomic E-state index is 8.76. The van der Waals surface area contributed by atoms with Gasteiger partial charge in [0.15, 0.2) is 11.5 Å². The lowest BCUT2D eigenvalue weighted by atomic mass is 10.1. The minimum absolute atomic E-state index is 0.191. The third-order valence-electron chi connectivity index (χ3n) is 2.34. The van der Waals surface area contributed by atoms with Crippen LogP contribution in [0.15, 0.2) is 12.1 Å². The van der Waals surface area contributed by atoms with Crippen LogP contribution >= 0.6 is 0 Å². The van der Waals surface area contributed by atoms with Gasteiger partial charge in [0.2, 0.25) is 12.5 Å². The number of hydrogen-bond acceptors (Lipinski definition) is 4. The van der Waals surface area contributed by atoms with E-state index >= 15 is 0 Å². The van der Waals surface area contributed by atoms with Crippen LogP contribution in [0.2, 0.25) is 0 Å². The summed E-state index contributed by atoms with van der Waals surface area (Å²) in [4.78, 5) is 0. The number of hydrogen-bond donors (Lipinski definition) is 1. The first kappa shape index (κ1) is 10.1. The third kappa shape index (κ3) is 1.99. The number of aliphatic hydroxyl groups is 1. The van der Waals surface area contributed by atoms with Gasteiger partial charge in [-0.05, 0) is 30.5 Å². The molecular weight excluding hydrogens is 196 g/mol. The molecule has 0 atom stereocenters. The van der Waals surface area contributed by atoms with Gasteiger partial charge in [-0.1, -0.05) is 0 Å². The summed E-state index contributed by atoms with van der Waals surface area (Å²) in [7, 11) is 1.60. The molecule has 0 aromatic heterocycles. The molecule has 0 aliphatic carbocycles. The normalized spacial score (nSPS) is 12.9. The number of rotatable bonds is 4. The standard InChI is InChI=1S/C11H14O4/c1-13-9-5-8(3-2-4-12)6-10-11(9)15-7-14-10/h5-6,12H,2-4,7H2,1H3. The quantitative estimate of drug-likeness (QED) is 0.814. The minimum atomic E-state index is 0.191. The molecule has 0 unspecified atom stereocenters. The summed E-state index contributed by atoms with van der Waals surface area (Å²) in [6, 6.07) is 3.85. The lowest BCUT2D eigenvalue weighted by Crippen LogP contribution is -1.93. The second-order valence-electron chi connectivity index (χ2n) is 3.36. The van der Waals surface area contributed by atoms with E-state index in [4.69, 9.17) is 19.3 Å². The van der Waals surface area contributed by atoms with E-state index in [1.54, 1.807) is 7.11 Å². The molecule has 1 aliphatic rings. The Balaban J connectivity index is 2.26. The highest BCUT2D eigenvalue weighted by atomic mass is 16.7. The van der Waals surface area contributed by atoms with Gasteiger partial charge in [0.05, 0.1) is 7.11 Å². The maximum Gasteiger partial charge on any atom is 0.231 e. The number of ether oxygens (including phenoxy) is 3. The molecule has 1 N–H and O–H groups in total. The molecule has 1 heterocycles. The van der Waals surface area contributed by atoms with Crippen LogP contribution in [-0.4, -0.2) is 25.6 Å². The molecule has 0 spiro atoms. The molecule has 0 saturated heterocycles. The van der Waals surface area contributed by atoms with Crippen LogP contribution in [0.3, 0.4) is 0 Å². The van der Waals surface area contributed by atoms with E-state index in [1.165, 1.54) is 0 Å². The molecule has 0 bridgehead atoms. The number of benzene rings is 1. The summed E-state index contributed by atoms with van der Waals surface area (Å²) in [6.45, 7) is 0.436. The number of aryl methyl sites for hydroxylation is 1. The van der Waals surface area contributed by atoms with Crippen molar-refractivity contribution in [1.82, 2.24) is 0 Å². The van der Waals surface area contributed by atoms with Crippen molar-refractivity contribution in [2.75, 3.05) is 20.5 Å². The second kappa shape index (κ2) is 4.40. The number of fused-ring (bicyclic) bond motifs is 1. The summed E-state index contributed by atoms with van der Waals surface area (Å²) < 4.78 is 15.8. The summed E-state index contributed by atoms with van der Waals surface area (Å²) >= 11 is 0. The molecule has 1 aromatic carbocycles. The van der Waals surface area contributed by atoms with Gasteiger partial charge in [-0.15, -0.1) is 0 Å². The smallest absolute Gasteiger partial charge is 0.231 e. The largest absolute Gasteiger partial charge is 0.493 e. The molecule has 4 heteroatoms. The van der Waals surface area contributed by atoms with Crippen molar-refractivity contribution in [2.24, 2.45) is 0 Å². The Morgan fingerprint density at radius 1 is 1.40 bits per heavy atom. The zero-order valence-electron chi connectivity index (χ0n) is 8.66. The van der Waals surface area contributed by atoms with E-state index in [9.17, 15) is 0 Å². The Kier molecular flexibility index (Phi) is 2.97. The Morgan fingerprint density at radius 3 is 3.00 bits per heavy atom. The van der Waals surface area contributed by atoms with Gasteiger partial charge in [0, 0.05) is 6.61 Å². The van der Waals surface area contributed by atoms with Crippen molar-refractivity contribution in [1.29, 1.82) is 0 Å². The summed E-state index contributed by atoms with van der Waals surface area (Å²) in [5, 5.41) is 8.76. The number of aliphatic hydroxyl groups excluding tert-OH is 1. The van der Waals surface area contributed by atoms with Crippen LogP contribution in [0, 0.1) is 0 Å². The van der Waals surface area contributed by atoms with Crippen molar-refractivity contribution in [2.45, 2.75) is 12.8 Å². The lowest BCUT2D eigenvalue weighted by molar-refractivity contribution is 0.171. The molecule has 2 rings (SSSR count). The zero-order chi connectivity index (χ0) is 10.7. The van der Waals surface area contributed by atoms with Crippen LogP contribution < -0.4 is 14.2 Å². The van der Waals surface area contributed by atoms with Crippen LogP contribution in [-0.2, 0) is 6.42 Å². The fraction of sp³-hybridized carbons (Fsp3) is 0.455. The van der Waals surface area contributed by atoms with E-state index in [0.717, 1.165) is 24.2 Å². The Morgan fingerprint density at radius 2 is 2.27 bits per heavy atom. The van der Waals surface area contributed by atoms with Crippen LogP contribution in [0.1, 0.15) is 12.0 Å². The third-order valence-corrected chi connectivity index (χ3v) is 2.34. The summed E-state index contributed by atoms with van der Waals surface area (Å²) in [5.41, 5.74) is 1.09. The summed E-state index contributed by atoms with van der Waals surface area (Å²) in [5.74, 6) is 2.09. The van der Waals surface area contributed by atoms with Gasteiger partial charge in [0.25, 0.3) is 0 Å². The monoisotopic (exact) mass is 210 g/mol. The van der Waals surface area contributed by atoms with Crippen LogP contribution in [0.4, 0.5) is 0 Å². The highest BCUT2D eigenvalue weighted by Gasteiger charge is 2.19. The average Bonchev–Trinajstić information content (AvgIpc) is 2.73. The van der Waals surface area contributed by atoms with Crippen LogP contribution in [0.5, 0.6) is 17.2 Å². The lowest BCUT2D eigenvalue weighted by Gasteiger charge is -2.07. The first-order valence-electron chi connectivity index (χ1n) is 4.92. The maximum absolute atomic E-state index is 8.76.